The van der Waals surface area contributed by atoms with Crippen molar-refractivity contribution in [3.05, 3.63) is 33.8 Å². The standard InChI is InChI=1S/C14H19Cl2NO/c1-17-13(9-14(18-2)6-3-7-14)11-8-10(15)4-5-12(11)16/h4-5,8,13,17H,3,6-7,9H2,1-2H3. The second kappa shape index (κ2) is 5.79. The van der Waals surface area contributed by atoms with Gasteiger partial charge in [-0.15, -0.1) is 0 Å². The number of ether oxygens (including phenoxy) is 1. The molecule has 2 nitrogen and oxygen atoms in total. The Morgan fingerprint density at radius 1 is 1.39 bits per heavy atom. The number of hydrogen-bond donors (Lipinski definition) is 1. The third-order valence-electron chi connectivity index (χ3n) is 3.96. The first-order valence-corrected chi connectivity index (χ1v) is 7.03. The molecule has 1 atom stereocenters. The SMILES string of the molecule is CNC(CC1(OC)CCC1)c1cc(Cl)ccc1Cl. The molecule has 0 heterocycles. The Bertz CT molecular complexity index is 413. The number of methoxy groups -OCH3 is 1. The van der Waals surface area contributed by atoms with E-state index >= 15 is 0 Å². The highest BCUT2D eigenvalue weighted by atomic mass is 35.5. The van der Waals surface area contributed by atoms with E-state index in [1.165, 1.54) is 6.42 Å². The topological polar surface area (TPSA) is 21.3 Å². The summed E-state index contributed by atoms with van der Waals surface area (Å²) in [6.07, 6.45) is 4.42. The average Bonchev–Trinajstić information content (AvgIpc) is 2.32. The lowest BCUT2D eigenvalue weighted by Gasteiger charge is -2.43. The van der Waals surface area contributed by atoms with Crippen molar-refractivity contribution < 1.29 is 4.74 Å². The van der Waals surface area contributed by atoms with Crippen LogP contribution in [0, 0.1) is 0 Å². The Morgan fingerprint density at radius 2 is 2.11 bits per heavy atom. The van der Waals surface area contributed by atoms with Crippen molar-refractivity contribution in [3.63, 3.8) is 0 Å². The van der Waals surface area contributed by atoms with Gasteiger partial charge in [-0.2, -0.15) is 0 Å². The minimum Gasteiger partial charge on any atom is -0.378 e. The second-order valence-electron chi connectivity index (χ2n) is 4.95. The van der Waals surface area contributed by atoms with Gasteiger partial charge < -0.3 is 10.1 Å². The number of benzene rings is 1. The maximum atomic E-state index is 6.26. The Hall–Kier alpha value is -0.280. The first-order valence-electron chi connectivity index (χ1n) is 6.27. The summed E-state index contributed by atoms with van der Waals surface area (Å²) in [4.78, 5) is 0. The number of hydrogen-bond acceptors (Lipinski definition) is 2. The molecule has 1 aliphatic carbocycles. The summed E-state index contributed by atoms with van der Waals surface area (Å²) >= 11 is 12.3. The van der Waals surface area contributed by atoms with Gasteiger partial charge in [0, 0.05) is 23.2 Å². The van der Waals surface area contributed by atoms with Crippen LogP contribution in [-0.2, 0) is 4.74 Å². The molecule has 18 heavy (non-hydrogen) atoms. The first-order chi connectivity index (χ1) is 8.60. The summed E-state index contributed by atoms with van der Waals surface area (Å²) < 4.78 is 5.68. The van der Waals surface area contributed by atoms with Crippen molar-refractivity contribution in [3.8, 4) is 0 Å². The van der Waals surface area contributed by atoms with Crippen LogP contribution in [0.2, 0.25) is 10.0 Å². The lowest BCUT2D eigenvalue weighted by atomic mass is 9.74. The molecule has 0 bridgehead atoms. The zero-order valence-electron chi connectivity index (χ0n) is 10.8. The van der Waals surface area contributed by atoms with Gasteiger partial charge in [0.1, 0.15) is 0 Å². The Kier molecular flexibility index (Phi) is 4.54. The Balaban J connectivity index is 2.20. The van der Waals surface area contributed by atoms with E-state index < -0.39 is 0 Å². The summed E-state index contributed by atoms with van der Waals surface area (Å²) in [5.41, 5.74) is 1.06. The molecule has 1 saturated carbocycles. The van der Waals surface area contributed by atoms with E-state index in [0.29, 0.717) is 0 Å². The molecule has 0 aromatic heterocycles. The van der Waals surface area contributed by atoms with Gasteiger partial charge in [-0.1, -0.05) is 23.2 Å². The van der Waals surface area contributed by atoms with E-state index in [0.717, 1.165) is 34.9 Å². The molecule has 100 valence electrons. The van der Waals surface area contributed by atoms with Gasteiger partial charge >= 0.3 is 0 Å². The summed E-state index contributed by atoms with van der Waals surface area (Å²) in [6.45, 7) is 0. The maximum absolute atomic E-state index is 6.26. The summed E-state index contributed by atoms with van der Waals surface area (Å²) in [7, 11) is 3.75. The van der Waals surface area contributed by atoms with Gasteiger partial charge in [0.25, 0.3) is 0 Å². The minimum absolute atomic E-state index is 0.0132. The molecule has 1 aromatic carbocycles. The van der Waals surface area contributed by atoms with E-state index in [4.69, 9.17) is 27.9 Å². The smallest absolute Gasteiger partial charge is 0.0697 e. The number of rotatable bonds is 5. The van der Waals surface area contributed by atoms with Gasteiger partial charge in [-0.05, 0) is 56.5 Å². The van der Waals surface area contributed by atoms with Crippen LogP contribution in [0.3, 0.4) is 0 Å². The maximum Gasteiger partial charge on any atom is 0.0697 e. The monoisotopic (exact) mass is 287 g/mol. The van der Waals surface area contributed by atoms with Crippen LogP contribution in [0.25, 0.3) is 0 Å². The van der Waals surface area contributed by atoms with Gasteiger partial charge in [0.15, 0.2) is 0 Å². The molecule has 1 unspecified atom stereocenters. The fourth-order valence-electron chi connectivity index (χ4n) is 2.58. The molecule has 1 fully saturated rings. The van der Waals surface area contributed by atoms with Crippen molar-refractivity contribution in [2.75, 3.05) is 14.2 Å². The van der Waals surface area contributed by atoms with Crippen molar-refractivity contribution >= 4 is 23.2 Å². The molecule has 1 aliphatic rings. The summed E-state index contributed by atoms with van der Waals surface area (Å²) in [6, 6.07) is 5.78. The summed E-state index contributed by atoms with van der Waals surface area (Å²) in [5.74, 6) is 0. The van der Waals surface area contributed by atoms with Crippen LogP contribution in [-0.4, -0.2) is 19.8 Å². The third kappa shape index (κ3) is 2.83. The van der Waals surface area contributed by atoms with Crippen molar-refractivity contribution in [2.24, 2.45) is 0 Å². The first kappa shape index (κ1) is 14.1. The fourth-order valence-corrected chi connectivity index (χ4v) is 3.01. The summed E-state index contributed by atoms with van der Waals surface area (Å²) in [5, 5.41) is 4.79. The molecular weight excluding hydrogens is 269 g/mol. The van der Waals surface area contributed by atoms with Crippen molar-refractivity contribution in [1.82, 2.24) is 5.32 Å². The zero-order chi connectivity index (χ0) is 13.2. The van der Waals surface area contributed by atoms with Crippen LogP contribution in [0.5, 0.6) is 0 Å². The van der Waals surface area contributed by atoms with Crippen molar-refractivity contribution in [1.29, 1.82) is 0 Å². The molecule has 0 radical (unpaired) electrons. The second-order valence-corrected chi connectivity index (χ2v) is 5.80. The van der Waals surface area contributed by atoms with E-state index in [9.17, 15) is 0 Å². The highest BCUT2D eigenvalue weighted by molar-refractivity contribution is 6.33. The van der Waals surface area contributed by atoms with Gasteiger partial charge in [0.2, 0.25) is 0 Å². The van der Waals surface area contributed by atoms with Gasteiger partial charge in [0.05, 0.1) is 5.60 Å². The molecular formula is C14H19Cl2NO. The van der Waals surface area contributed by atoms with Crippen LogP contribution in [0.1, 0.15) is 37.3 Å². The molecule has 0 saturated heterocycles. The zero-order valence-corrected chi connectivity index (χ0v) is 12.3. The highest BCUT2D eigenvalue weighted by Gasteiger charge is 2.39. The van der Waals surface area contributed by atoms with Crippen LogP contribution < -0.4 is 5.32 Å². The minimum atomic E-state index is 0.0132. The van der Waals surface area contributed by atoms with E-state index in [-0.39, 0.29) is 11.6 Å². The lowest BCUT2D eigenvalue weighted by Crippen LogP contribution is -2.42. The predicted molar refractivity (Wildman–Crippen MR) is 76.5 cm³/mol. The van der Waals surface area contributed by atoms with Gasteiger partial charge in [-0.3, -0.25) is 0 Å². The van der Waals surface area contributed by atoms with Crippen LogP contribution in [0.4, 0.5) is 0 Å². The van der Waals surface area contributed by atoms with Gasteiger partial charge in [-0.25, -0.2) is 0 Å². The molecule has 0 amide bonds. The predicted octanol–water partition coefficient (Wildman–Crippen LogP) is 4.21. The van der Waals surface area contributed by atoms with E-state index in [2.05, 4.69) is 5.32 Å². The largest absolute Gasteiger partial charge is 0.378 e. The molecule has 1 N–H and O–H groups in total. The molecule has 2 rings (SSSR count). The average molecular weight is 288 g/mol. The number of halogens is 2. The molecule has 1 aromatic rings. The quantitative estimate of drug-likeness (QED) is 0.876. The van der Waals surface area contributed by atoms with Crippen molar-refractivity contribution in [2.45, 2.75) is 37.3 Å². The Labute approximate surface area is 119 Å². The molecule has 0 spiro atoms. The normalized spacial score (nSPS) is 19.3. The highest BCUT2D eigenvalue weighted by Crippen LogP contribution is 2.42. The van der Waals surface area contributed by atoms with E-state index in [1.807, 2.05) is 25.2 Å². The molecule has 4 heteroatoms. The van der Waals surface area contributed by atoms with Crippen LogP contribution in [0.15, 0.2) is 18.2 Å². The van der Waals surface area contributed by atoms with Crippen LogP contribution >= 0.6 is 23.2 Å². The third-order valence-corrected chi connectivity index (χ3v) is 4.54. The lowest BCUT2D eigenvalue weighted by molar-refractivity contribution is -0.0834. The van der Waals surface area contributed by atoms with E-state index in [1.54, 1.807) is 7.11 Å². The number of nitrogens with one attached hydrogen (secondary N) is 1. The fraction of sp³-hybridized carbons (Fsp3) is 0.571. The Morgan fingerprint density at radius 3 is 2.61 bits per heavy atom. The molecule has 0 aliphatic heterocycles.